The zero-order valence-corrected chi connectivity index (χ0v) is 48.2. The minimum Gasteiger partial charge on any atom is -0.460 e. The fourth-order valence-corrected chi connectivity index (χ4v) is 9.10. The van der Waals surface area contributed by atoms with Crippen molar-refractivity contribution in [1.82, 2.24) is 20.6 Å². The Kier molecular flexibility index (Phi) is 19.4. The van der Waals surface area contributed by atoms with Crippen LogP contribution in [-0.4, -0.2) is 62.8 Å². The number of Topliss-reactive ketones (excluding diaryl/α,β-unsaturated/α-hetero) is 1. The third-order valence-electron chi connectivity index (χ3n) is 13.5. The Balaban J connectivity index is 0.000000229. The number of carbonyl (C=O) groups is 3. The summed E-state index contributed by atoms with van der Waals surface area (Å²) in [6.07, 6.45) is 6.91. The number of ether oxygens (including phenoxy) is 4. The predicted molar refractivity (Wildman–Crippen MR) is 292 cm³/mol. The van der Waals surface area contributed by atoms with Gasteiger partial charge in [-0.05, 0) is 116 Å². The van der Waals surface area contributed by atoms with Gasteiger partial charge in [-0.1, -0.05) is 123 Å². The second-order valence-electron chi connectivity index (χ2n) is 25.1. The van der Waals surface area contributed by atoms with Crippen LogP contribution in [0.3, 0.4) is 0 Å². The van der Waals surface area contributed by atoms with Crippen LogP contribution in [0.1, 0.15) is 221 Å². The van der Waals surface area contributed by atoms with Crippen LogP contribution in [0.5, 0.6) is 0 Å². The quantitative estimate of drug-likeness (QED) is 0.0315. The van der Waals surface area contributed by atoms with Crippen molar-refractivity contribution in [3.63, 3.8) is 0 Å². The normalized spacial score (nSPS) is 15.1. The van der Waals surface area contributed by atoms with E-state index >= 15 is 0 Å². The molecule has 8 rings (SSSR count). The molecule has 2 fully saturated rings. The first-order valence-corrected chi connectivity index (χ1v) is 27.7. The largest absolute Gasteiger partial charge is 0.460 e. The zero-order valence-electron chi connectivity index (χ0n) is 48.2. The molecule has 6 aromatic rings. The third-order valence-corrected chi connectivity index (χ3v) is 13.5. The van der Waals surface area contributed by atoms with E-state index in [0.29, 0.717) is 68.6 Å². The minimum absolute atomic E-state index is 0.119. The molecule has 79 heavy (non-hydrogen) atoms. The van der Waals surface area contributed by atoms with Crippen LogP contribution in [0.4, 0.5) is 8.78 Å². The molecule has 428 valence electrons. The molecule has 0 amide bonds. The topological polar surface area (TPSA) is 192 Å². The fraction of sp³-hybridized carbons (Fsp3) is 0.565. The Morgan fingerprint density at radius 1 is 0.570 bits per heavy atom. The maximum Gasteiger partial charge on any atom is 0.312 e. The van der Waals surface area contributed by atoms with Crippen molar-refractivity contribution < 1.29 is 60.2 Å². The molecule has 2 atom stereocenters. The van der Waals surface area contributed by atoms with Gasteiger partial charge in [-0.15, -0.1) is 0 Å². The van der Waals surface area contributed by atoms with Gasteiger partial charge >= 0.3 is 17.9 Å². The SMILES string of the molecule is CC(C)(C)OC(=O)C[C@H](CCCOCc1ccccc1)c1noc(-c2cc(C(=O)C(C)(C)C)on2)c1C1CC1.CC(C)(C)OC(=O)C[C@H](CCCOCc1ccccc1)c1noc(-c2cc(C(F)(F)C(C)(C)C)on2)c1C1CC1. The van der Waals surface area contributed by atoms with Gasteiger partial charge in [0.15, 0.2) is 22.9 Å². The van der Waals surface area contributed by atoms with E-state index < -0.39 is 33.7 Å². The molecular formula is C62H80F2N4O11. The van der Waals surface area contributed by atoms with Gasteiger partial charge in [-0.3, -0.25) is 14.4 Å². The van der Waals surface area contributed by atoms with Gasteiger partial charge in [-0.25, -0.2) is 0 Å². The molecule has 2 aliphatic rings. The molecule has 2 aromatic carbocycles. The van der Waals surface area contributed by atoms with E-state index in [9.17, 15) is 23.2 Å². The minimum atomic E-state index is -3.22. The van der Waals surface area contributed by atoms with Crippen LogP contribution in [0, 0.1) is 10.8 Å². The van der Waals surface area contributed by atoms with Gasteiger partial charge in [0.05, 0.1) is 37.4 Å². The molecule has 0 radical (unpaired) electrons. The van der Waals surface area contributed by atoms with E-state index in [4.69, 9.17) is 37.0 Å². The van der Waals surface area contributed by atoms with Gasteiger partial charge in [0, 0.05) is 59.1 Å². The molecule has 2 saturated carbocycles. The number of rotatable bonds is 24. The number of hydrogen-bond donors (Lipinski definition) is 0. The lowest BCUT2D eigenvalue weighted by Gasteiger charge is -2.27. The number of nitrogens with zero attached hydrogens (tertiary/aromatic N) is 4. The molecule has 0 saturated heterocycles. The van der Waals surface area contributed by atoms with Crippen LogP contribution in [0.2, 0.25) is 0 Å². The molecule has 0 aliphatic heterocycles. The second-order valence-corrected chi connectivity index (χ2v) is 25.1. The monoisotopic (exact) mass is 1090 g/mol. The number of benzene rings is 2. The van der Waals surface area contributed by atoms with E-state index in [0.717, 1.165) is 60.1 Å². The molecule has 0 N–H and O–H groups in total. The summed E-state index contributed by atoms with van der Waals surface area (Å²) in [5.41, 5.74) is 2.88. The molecule has 17 heteroatoms. The summed E-state index contributed by atoms with van der Waals surface area (Å²) in [4.78, 5) is 38.5. The summed E-state index contributed by atoms with van der Waals surface area (Å²) in [7, 11) is 0. The lowest BCUT2D eigenvalue weighted by Crippen LogP contribution is -2.30. The number of aromatic nitrogens is 4. The van der Waals surface area contributed by atoms with Crippen molar-refractivity contribution in [1.29, 1.82) is 0 Å². The third kappa shape index (κ3) is 17.1. The Bertz CT molecular complexity index is 2920. The number of hydrogen-bond acceptors (Lipinski definition) is 15. The Morgan fingerprint density at radius 2 is 0.987 bits per heavy atom. The molecule has 4 aromatic heterocycles. The van der Waals surface area contributed by atoms with Crippen molar-refractivity contribution >= 4 is 17.7 Å². The Morgan fingerprint density at radius 3 is 1.38 bits per heavy atom. The maximum absolute atomic E-state index is 14.9. The molecule has 0 unspecified atom stereocenters. The zero-order chi connectivity index (χ0) is 57.3. The lowest BCUT2D eigenvalue weighted by atomic mass is 9.86. The van der Waals surface area contributed by atoms with Crippen LogP contribution in [-0.2, 0) is 47.7 Å². The van der Waals surface area contributed by atoms with Crippen LogP contribution in [0.15, 0.2) is 90.9 Å². The number of carbonyl (C=O) groups excluding carboxylic acids is 3. The predicted octanol–water partition coefficient (Wildman–Crippen LogP) is 15.4. The van der Waals surface area contributed by atoms with Crippen molar-refractivity contribution in [3.05, 3.63) is 118 Å². The number of ketones is 1. The van der Waals surface area contributed by atoms with Crippen LogP contribution in [0.25, 0.3) is 22.9 Å². The van der Waals surface area contributed by atoms with E-state index in [-0.39, 0.29) is 65.7 Å². The van der Waals surface area contributed by atoms with Gasteiger partial charge < -0.3 is 37.0 Å². The molecule has 4 heterocycles. The average molecular weight is 1100 g/mol. The first-order chi connectivity index (χ1) is 37.2. The average Bonchev–Trinajstić information content (AvgIpc) is 4.25. The first-order valence-electron chi connectivity index (χ1n) is 27.7. The van der Waals surface area contributed by atoms with Crippen molar-refractivity contribution in [2.75, 3.05) is 13.2 Å². The summed E-state index contributed by atoms with van der Waals surface area (Å²) in [6.45, 7) is 23.1. The highest BCUT2D eigenvalue weighted by Crippen LogP contribution is 2.51. The molecule has 0 bridgehead atoms. The molecule has 2 aliphatic carbocycles. The standard InChI is InChI=1S/C31H40F2N2O5.C31H40N2O6/c1-29(2,3)31(32,33)24-18-23(34-39-24)28-26(21-14-15-21)27(35-40-28)22(17-25(36)38-30(4,5)6)13-10-16-37-19-20-11-8-7-9-12-20;1-30(2,3)29(35)24-18-23(32-38-24)28-26(21-14-15-21)27(33-39-28)22(17-25(34)37-31(4,5)6)13-10-16-36-19-20-11-8-7-9-12-20/h7-9,11-12,18,21-22H,10,13-17,19H2,1-6H3;7-9,11-12,18,21-22H,10,13-17,19H2,1-6H3/t2*22-/m00/s1. The van der Waals surface area contributed by atoms with Gasteiger partial charge in [-0.2, -0.15) is 8.78 Å². The summed E-state index contributed by atoms with van der Waals surface area (Å²) >= 11 is 0. The van der Waals surface area contributed by atoms with E-state index in [1.54, 1.807) is 6.07 Å². The van der Waals surface area contributed by atoms with Crippen molar-refractivity contribution in [2.24, 2.45) is 10.8 Å². The van der Waals surface area contributed by atoms with E-state index in [1.165, 1.54) is 26.8 Å². The number of alkyl halides is 2. The van der Waals surface area contributed by atoms with Gasteiger partial charge in [0.25, 0.3) is 0 Å². The number of halogens is 2. The lowest BCUT2D eigenvalue weighted by molar-refractivity contribution is -0.156. The highest BCUT2D eigenvalue weighted by Gasteiger charge is 2.49. The maximum atomic E-state index is 14.9. The van der Waals surface area contributed by atoms with E-state index in [2.05, 4.69) is 20.6 Å². The van der Waals surface area contributed by atoms with Gasteiger partial charge in [0.1, 0.15) is 11.2 Å². The molecular weight excluding hydrogens is 1010 g/mol. The smallest absolute Gasteiger partial charge is 0.312 e. The second kappa shape index (κ2) is 25.4. The highest BCUT2D eigenvalue weighted by atomic mass is 19.3. The van der Waals surface area contributed by atoms with Crippen molar-refractivity contribution in [2.45, 2.75) is 201 Å². The first kappa shape index (κ1) is 60.3. The van der Waals surface area contributed by atoms with Gasteiger partial charge in [0.2, 0.25) is 17.3 Å². The Labute approximate surface area is 463 Å². The highest BCUT2D eigenvalue weighted by molar-refractivity contribution is 5.98. The Hall–Kier alpha value is -6.33. The fourth-order valence-electron chi connectivity index (χ4n) is 9.10. The number of esters is 2. The van der Waals surface area contributed by atoms with Crippen molar-refractivity contribution in [3.8, 4) is 22.9 Å². The summed E-state index contributed by atoms with van der Waals surface area (Å²) in [5, 5.41) is 16.9. The van der Waals surface area contributed by atoms with Crippen LogP contribution < -0.4 is 0 Å². The van der Waals surface area contributed by atoms with E-state index in [1.807, 2.05) is 123 Å². The summed E-state index contributed by atoms with van der Waals surface area (Å²) in [5.74, 6) is -3.50. The summed E-state index contributed by atoms with van der Waals surface area (Å²) < 4.78 is 75.0. The summed E-state index contributed by atoms with van der Waals surface area (Å²) in [6, 6.07) is 22.8. The molecule has 15 nitrogen and oxygen atoms in total. The molecule has 0 spiro atoms. The van der Waals surface area contributed by atoms with Crippen LogP contribution >= 0.6 is 0 Å².